The molecule has 1 aliphatic rings. The van der Waals surface area contributed by atoms with Gasteiger partial charge < -0.3 is 43.3 Å². The number of quaternary nitrogens is 1. The average molecular weight is 660 g/mol. The molecular formula is C26H33Br2N3O3S2. The molecule has 0 saturated heterocycles. The van der Waals surface area contributed by atoms with Crippen LogP contribution in [0.2, 0.25) is 0 Å². The quantitative estimate of drug-likeness (QED) is 0.171. The van der Waals surface area contributed by atoms with E-state index in [-0.39, 0.29) is 39.7 Å². The van der Waals surface area contributed by atoms with E-state index in [1.54, 1.807) is 11.8 Å². The zero-order valence-electron chi connectivity index (χ0n) is 20.8. The lowest BCUT2D eigenvalue weighted by Gasteiger charge is -2.26. The summed E-state index contributed by atoms with van der Waals surface area (Å²) in [5.41, 5.74) is 3.30. The van der Waals surface area contributed by atoms with Crippen LogP contribution in [-0.2, 0) is 16.7 Å². The Bertz CT molecular complexity index is 1330. The van der Waals surface area contributed by atoms with Crippen molar-refractivity contribution in [2.75, 3.05) is 44.9 Å². The minimum Gasteiger partial charge on any atom is -1.00 e. The summed E-state index contributed by atoms with van der Waals surface area (Å²) in [6, 6.07) is 20.8. The third-order valence-electron chi connectivity index (χ3n) is 5.88. The second kappa shape index (κ2) is 12.9. The highest BCUT2D eigenvalue weighted by Gasteiger charge is 2.27. The molecule has 4 rings (SSSR count). The zero-order valence-corrected chi connectivity index (χ0v) is 25.6. The molecule has 10 heteroatoms. The van der Waals surface area contributed by atoms with Crippen molar-refractivity contribution in [2.24, 2.45) is 0 Å². The van der Waals surface area contributed by atoms with Crippen LogP contribution in [0.3, 0.4) is 0 Å². The van der Waals surface area contributed by atoms with Crippen molar-refractivity contribution in [1.29, 1.82) is 0 Å². The predicted molar refractivity (Wildman–Crippen MR) is 140 cm³/mol. The molecule has 1 aliphatic heterocycles. The standard InChI is InChI=1S/C26H32N3O3S2.2BrH/c1-29(2,3)18-8-16-28-24-12-6-7-13-25(24)33-26(28)20-22-15-14-21-10-4-5-11-23(21)27(22)17-9-19-34(30,31)32;;/h4-7,10-15,20H,8-9,16-19H2,1-3H3;2*1H/q+1;;/p-1. The van der Waals surface area contributed by atoms with Gasteiger partial charge in [-0.15, -0.1) is 0 Å². The Hall–Kier alpha value is -1.43. The van der Waals surface area contributed by atoms with Gasteiger partial charge in [0.2, 0.25) is 11.2 Å². The number of anilines is 1. The molecule has 2 aromatic carbocycles. The maximum absolute atomic E-state index is 11.3. The van der Waals surface area contributed by atoms with Gasteiger partial charge in [0.1, 0.15) is 0 Å². The molecule has 0 radical (unpaired) electrons. The summed E-state index contributed by atoms with van der Waals surface area (Å²) < 4.78 is 34.9. The molecule has 196 valence electrons. The van der Waals surface area contributed by atoms with Crippen LogP contribution in [0.15, 0.2) is 70.6 Å². The van der Waals surface area contributed by atoms with Crippen LogP contribution in [0.4, 0.5) is 5.69 Å². The van der Waals surface area contributed by atoms with Gasteiger partial charge in [-0.1, -0.05) is 36.0 Å². The zero-order chi connectivity index (χ0) is 24.3. The summed E-state index contributed by atoms with van der Waals surface area (Å²) in [7, 11) is 2.66. The van der Waals surface area contributed by atoms with E-state index >= 15 is 0 Å². The van der Waals surface area contributed by atoms with Crippen LogP contribution >= 0.6 is 11.8 Å². The Labute approximate surface area is 239 Å². The van der Waals surface area contributed by atoms with Crippen molar-refractivity contribution in [1.82, 2.24) is 0 Å². The molecule has 3 aromatic rings. The van der Waals surface area contributed by atoms with Crippen molar-refractivity contribution < 1.29 is 56.0 Å². The number of fused-ring (bicyclic) bond motifs is 2. The van der Waals surface area contributed by atoms with Crippen LogP contribution in [0.1, 0.15) is 18.5 Å². The van der Waals surface area contributed by atoms with Gasteiger partial charge >= 0.3 is 0 Å². The largest absolute Gasteiger partial charge is 1.00 e. The Morgan fingerprint density at radius 1 is 0.972 bits per heavy atom. The lowest BCUT2D eigenvalue weighted by molar-refractivity contribution is -0.870. The third-order valence-corrected chi connectivity index (χ3v) is 7.79. The monoisotopic (exact) mass is 657 g/mol. The van der Waals surface area contributed by atoms with E-state index in [1.807, 2.05) is 12.1 Å². The maximum Gasteiger partial charge on any atom is 0.265 e. The summed E-state index contributed by atoms with van der Waals surface area (Å²) in [5.74, 6) is -0.253. The highest BCUT2D eigenvalue weighted by atomic mass is 79.9. The number of aromatic nitrogens is 1. The molecule has 0 aliphatic carbocycles. The molecule has 1 N–H and O–H groups in total. The molecule has 1 aromatic heterocycles. The van der Waals surface area contributed by atoms with Gasteiger partial charge in [-0.2, -0.15) is 13.0 Å². The molecule has 0 amide bonds. The van der Waals surface area contributed by atoms with E-state index in [4.69, 9.17) is 0 Å². The fourth-order valence-corrected chi connectivity index (χ4v) is 5.91. The van der Waals surface area contributed by atoms with E-state index in [0.29, 0.717) is 13.0 Å². The molecule has 2 heterocycles. The highest BCUT2D eigenvalue weighted by molar-refractivity contribution is 8.03. The Balaban J connectivity index is 0.00000228. The molecule has 0 bridgehead atoms. The third kappa shape index (κ3) is 8.03. The fourth-order valence-electron chi connectivity index (χ4n) is 4.28. The Morgan fingerprint density at radius 2 is 1.67 bits per heavy atom. The average Bonchev–Trinajstić information content (AvgIpc) is 3.10. The molecule has 0 fully saturated rings. The van der Waals surface area contributed by atoms with Crippen LogP contribution in [0.25, 0.3) is 17.0 Å². The van der Waals surface area contributed by atoms with Gasteiger partial charge in [0.15, 0.2) is 6.54 Å². The van der Waals surface area contributed by atoms with Gasteiger partial charge in [0, 0.05) is 47.9 Å². The summed E-state index contributed by atoms with van der Waals surface area (Å²) in [5, 5.41) is 2.26. The molecule has 0 spiro atoms. The summed E-state index contributed by atoms with van der Waals surface area (Å²) >= 11 is 1.77. The lowest BCUT2D eigenvalue weighted by atomic mass is 10.1. The minimum absolute atomic E-state index is 0. The van der Waals surface area contributed by atoms with Crippen LogP contribution in [0.5, 0.6) is 0 Å². The number of halogens is 2. The van der Waals surface area contributed by atoms with Crippen molar-refractivity contribution in [3.05, 3.63) is 71.4 Å². The van der Waals surface area contributed by atoms with Gasteiger partial charge in [-0.3, -0.25) is 4.55 Å². The van der Waals surface area contributed by atoms with E-state index < -0.39 is 10.1 Å². The number of rotatable bonds is 9. The highest BCUT2D eigenvalue weighted by Crippen LogP contribution is 2.46. The SMILES string of the molecule is C[N+](C)(C)CCCN1C(=Cc2ccc3ccccc3[n+]2CCCS(=O)(=O)O)Sc2ccccc21.[Br-].[Br-]. The number of benzene rings is 2. The second-order valence-electron chi connectivity index (χ2n) is 9.68. The van der Waals surface area contributed by atoms with Crippen molar-refractivity contribution >= 4 is 44.5 Å². The van der Waals surface area contributed by atoms with Gasteiger partial charge in [-0.05, 0) is 24.3 Å². The summed E-state index contributed by atoms with van der Waals surface area (Å²) in [6.45, 7) is 2.52. The van der Waals surface area contributed by atoms with Crippen LogP contribution in [-0.4, -0.2) is 57.4 Å². The Morgan fingerprint density at radius 3 is 2.39 bits per heavy atom. The van der Waals surface area contributed by atoms with Gasteiger partial charge in [-0.25, -0.2) is 0 Å². The van der Waals surface area contributed by atoms with Crippen LogP contribution < -0.4 is 43.4 Å². The lowest BCUT2D eigenvalue weighted by Crippen LogP contribution is -3.00. The predicted octanol–water partition coefficient (Wildman–Crippen LogP) is -1.58. The van der Waals surface area contributed by atoms with Crippen molar-refractivity contribution in [3.63, 3.8) is 0 Å². The Kier molecular flexibility index (Phi) is 11.0. The fraction of sp³-hybridized carbons (Fsp3) is 0.346. The number of pyridine rings is 1. The number of aryl methyl sites for hydroxylation is 1. The molecule has 6 nitrogen and oxygen atoms in total. The minimum atomic E-state index is -3.99. The summed E-state index contributed by atoms with van der Waals surface area (Å²) in [6.07, 6.45) is 3.62. The molecule has 0 unspecified atom stereocenters. The van der Waals surface area contributed by atoms with Crippen LogP contribution in [0, 0.1) is 0 Å². The first-order chi connectivity index (χ1) is 16.1. The number of thioether (sulfide) groups is 1. The van der Waals surface area contributed by atoms with E-state index in [0.717, 1.165) is 40.6 Å². The first-order valence-corrected chi connectivity index (χ1v) is 14.0. The van der Waals surface area contributed by atoms with E-state index in [9.17, 15) is 13.0 Å². The molecular weight excluding hydrogens is 626 g/mol. The topological polar surface area (TPSA) is 61.5 Å². The number of hydrogen-bond acceptors (Lipinski definition) is 4. The number of nitrogens with zero attached hydrogens (tertiary/aromatic N) is 3. The van der Waals surface area contributed by atoms with Crippen molar-refractivity contribution in [3.8, 4) is 0 Å². The molecule has 0 atom stereocenters. The maximum atomic E-state index is 11.3. The second-order valence-corrected chi connectivity index (χ2v) is 12.3. The van der Waals surface area contributed by atoms with Gasteiger partial charge in [0.05, 0.1) is 44.2 Å². The van der Waals surface area contributed by atoms with E-state index in [2.05, 4.69) is 85.2 Å². The number of para-hydroxylation sites is 2. The van der Waals surface area contributed by atoms with Gasteiger partial charge in [0.25, 0.3) is 10.1 Å². The van der Waals surface area contributed by atoms with E-state index in [1.165, 1.54) is 15.6 Å². The first-order valence-electron chi connectivity index (χ1n) is 11.5. The smallest absolute Gasteiger partial charge is 0.265 e. The normalized spacial score (nSPS) is 14.4. The van der Waals surface area contributed by atoms with Crippen molar-refractivity contribution in [2.45, 2.75) is 24.3 Å². The summed E-state index contributed by atoms with van der Waals surface area (Å²) in [4.78, 5) is 3.64. The first kappa shape index (κ1) is 30.8. The molecule has 0 saturated carbocycles. The number of hydrogen-bond donors (Lipinski definition) is 1. The molecule has 36 heavy (non-hydrogen) atoms.